The van der Waals surface area contributed by atoms with E-state index in [2.05, 4.69) is 20.5 Å². The Balaban J connectivity index is 1.38. The van der Waals surface area contributed by atoms with Gasteiger partial charge in [-0.2, -0.15) is 5.10 Å². The zero-order chi connectivity index (χ0) is 18.6. The Kier molecular flexibility index (Phi) is 4.86. The number of hydrogen-bond acceptors (Lipinski definition) is 5. The van der Waals surface area contributed by atoms with E-state index in [9.17, 15) is 9.18 Å². The lowest BCUT2D eigenvalue weighted by Crippen LogP contribution is -2.28. The summed E-state index contributed by atoms with van der Waals surface area (Å²) in [5, 5.41) is 10.8. The number of carbonyl (C=O) groups is 1. The molecule has 140 valence electrons. The number of anilines is 2. The first-order valence-electron chi connectivity index (χ1n) is 8.97. The minimum Gasteiger partial charge on any atom is -0.341 e. The second-order valence-corrected chi connectivity index (χ2v) is 6.61. The maximum atomic E-state index is 13.3. The normalized spacial score (nSPS) is 14.3. The van der Waals surface area contributed by atoms with Gasteiger partial charge in [-0.05, 0) is 37.0 Å². The second kappa shape index (κ2) is 7.61. The minimum absolute atomic E-state index is 0.230. The van der Waals surface area contributed by atoms with Gasteiger partial charge in [0.05, 0.1) is 18.4 Å². The van der Waals surface area contributed by atoms with Crippen LogP contribution < -0.4 is 10.2 Å². The minimum atomic E-state index is -0.354. The van der Waals surface area contributed by atoms with E-state index in [1.54, 1.807) is 29.2 Å². The molecule has 0 radical (unpaired) electrons. The first kappa shape index (κ1) is 17.3. The van der Waals surface area contributed by atoms with Gasteiger partial charge in [-0.25, -0.2) is 4.39 Å². The Morgan fingerprint density at radius 3 is 2.89 bits per heavy atom. The number of amides is 1. The highest BCUT2D eigenvalue weighted by atomic mass is 19.1. The van der Waals surface area contributed by atoms with Crippen molar-refractivity contribution in [2.75, 3.05) is 23.3 Å². The highest BCUT2D eigenvalue weighted by Gasteiger charge is 2.19. The summed E-state index contributed by atoms with van der Waals surface area (Å²) in [6.45, 7) is 2.25. The summed E-state index contributed by atoms with van der Waals surface area (Å²) in [5.41, 5.74) is 1.56. The largest absolute Gasteiger partial charge is 0.341 e. The molecule has 0 unspecified atom stereocenters. The molecule has 1 N–H and O–H groups in total. The summed E-state index contributed by atoms with van der Waals surface area (Å²) >= 11 is 0. The van der Waals surface area contributed by atoms with E-state index in [0.29, 0.717) is 18.1 Å². The van der Waals surface area contributed by atoms with Gasteiger partial charge in [0.25, 0.3) is 5.91 Å². The van der Waals surface area contributed by atoms with Gasteiger partial charge in [-0.3, -0.25) is 9.48 Å². The van der Waals surface area contributed by atoms with Crippen LogP contribution in [0.3, 0.4) is 0 Å². The number of carbonyl (C=O) groups excluding carboxylic acids is 1. The summed E-state index contributed by atoms with van der Waals surface area (Å²) in [6.07, 6.45) is 6.69. The lowest BCUT2D eigenvalue weighted by atomic mass is 10.1. The molecule has 1 aromatic carbocycles. The van der Waals surface area contributed by atoms with Crippen LogP contribution in [-0.2, 0) is 6.54 Å². The van der Waals surface area contributed by atoms with Crippen LogP contribution in [0.1, 0.15) is 35.3 Å². The van der Waals surface area contributed by atoms with E-state index < -0.39 is 0 Å². The Labute approximate surface area is 155 Å². The summed E-state index contributed by atoms with van der Waals surface area (Å²) in [4.78, 5) is 14.5. The lowest BCUT2D eigenvalue weighted by molar-refractivity contribution is 0.101. The van der Waals surface area contributed by atoms with Crippen molar-refractivity contribution in [1.29, 1.82) is 0 Å². The molecule has 0 bridgehead atoms. The van der Waals surface area contributed by atoms with Crippen LogP contribution in [0.4, 0.5) is 16.0 Å². The zero-order valence-electron chi connectivity index (χ0n) is 14.8. The first-order valence-corrected chi connectivity index (χ1v) is 8.97. The number of hydrogen-bond donors (Lipinski definition) is 1. The third kappa shape index (κ3) is 4.16. The molecule has 0 saturated carbocycles. The molecule has 1 fully saturated rings. The van der Waals surface area contributed by atoms with Gasteiger partial charge < -0.3 is 14.7 Å². The number of nitrogens with one attached hydrogen (secondary N) is 1. The maximum absolute atomic E-state index is 13.3. The van der Waals surface area contributed by atoms with Crippen molar-refractivity contribution in [3.63, 3.8) is 0 Å². The number of halogens is 1. The Bertz CT molecular complexity index is 930. The Morgan fingerprint density at radius 2 is 2.07 bits per heavy atom. The third-order valence-electron chi connectivity index (χ3n) is 4.52. The summed E-state index contributed by atoms with van der Waals surface area (Å²) < 4.78 is 20.2. The van der Waals surface area contributed by atoms with Crippen LogP contribution >= 0.6 is 0 Å². The molecule has 0 aliphatic carbocycles. The van der Waals surface area contributed by atoms with E-state index in [0.717, 1.165) is 31.5 Å². The maximum Gasteiger partial charge on any atom is 0.278 e. The number of rotatable bonds is 5. The highest BCUT2D eigenvalue weighted by Crippen LogP contribution is 2.21. The third-order valence-corrected chi connectivity index (χ3v) is 4.52. The predicted octanol–water partition coefficient (Wildman–Crippen LogP) is 3.30. The van der Waals surface area contributed by atoms with Crippen molar-refractivity contribution in [2.45, 2.75) is 25.8 Å². The second-order valence-electron chi connectivity index (χ2n) is 6.61. The average molecular weight is 369 g/mol. The van der Waals surface area contributed by atoms with Gasteiger partial charge in [-0.15, -0.1) is 0 Å². The van der Waals surface area contributed by atoms with Crippen molar-refractivity contribution >= 4 is 17.5 Å². The fourth-order valence-electron chi connectivity index (χ4n) is 3.17. The molecule has 1 saturated heterocycles. The molecule has 1 amide bonds. The molecular weight excluding hydrogens is 349 g/mol. The number of piperidine rings is 1. The molecule has 8 heteroatoms. The Hall–Kier alpha value is -3.16. The van der Waals surface area contributed by atoms with Gasteiger partial charge in [0.1, 0.15) is 5.82 Å². The van der Waals surface area contributed by atoms with Crippen molar-refractivity contribution in [2.24, 2.45) is 0 Å². The molecule has 7 nitrogen and oxygen atoms in total. The molecule has 2 aromatic heterocycles. The van der Waals surface area contributed by atoms with E-state index >= 15 is 0 Å². The van der Waals surface area contributed by atoms with E-state index in [1.165, 1.54) is 18.6 Å². The van der Waals surface area contributed by atoms with Gasteiger partial charge in [-0.1, -0.05) is 17.3 Å². The number of aromatic nitrogens is 3. The van der Waals surface area contributed by atoms with Crippen molar-refractivity contribution in [3.8, 4) is 0 Å². The van der Waals surface area contributed by atoms with Crippen LogP contribution in [0.5, 0.6) is 0 Å². The van der Waals surface area contributed by atoms with Gasteiger partial charge in [0.2, 0.25) is 5.88 Å². The van der Waals surface area contributed by atoms with Gasteiger partial charge in [0, 0.05) is 25.4 Å². The topological polar surface area (TPSA) is 76.2 Å². The molecule has 3 aromatic rings. The molecule has 3 heterocycles. The molecular formula is C19H20FN5O2. The molecule has 0 atom stereocenters. The van der Waals surface area contributed by atoms with E-state index in [4.69, 9.17) is 4.52 Å². The van der Waals surface area contributed by atoms with E-state index in [-0.39, 0.29) is 17.4 Å². The zero-order valence-corrected chi connectivity index (χ0v) is 14.8. The van der Waals surface area contributed by atoms with Crippen LogP contribution in [0.15, 0.2) is 47.2 Å². The molecule has 4 rings (SSSR count). The molecule has 0 spiro atoms. The number of benzene rings is 1. The Morgan fingerprint density at radius 1 is 1.22 bits per heavy atom. The monoisotopic (exact) mass is 369 g/mol. The van der Waals surface area contributed by atoms with Gasteiger partial charge in [0.15, 0.2) is 5.69 Å². The van der Waals surface area contributed by atoms with Crippen molar-refractivity contribution in [1.82, 2.24) is 14.9 Å². The SMILES string of the molecule is O=C(Nc1cnn(Cc2cccc(F)c2)c1)c1cc(N2CCCCC2)on1. The molecule has 1 aliphatic rings. The molecule has 27 heavy (non-hydrogen) atoms. The summed E-state index contributed by atoms with van der Waals surface area (Å²) in [5.74, 6) is -0.0160. The van der Waals surface area contributed by atoms with Crippen LogP contribution in [-0.4, -0.2) is 33.9 Å². The lowest BCUT2D eigenvalue weighted by Gasteiger charge is -2.25. The predicted molar refractivity (Wildman–Crippen MR) is 98.2 cm³/mol. The van der Waals surface area contributed by atoms with Crippen LogP contribution in [0.2, 0.25) is 0 Å². The fourth-order valence-corrected chi connectivity index (χ4v) is 3.17. The van der Waals surface area contributed by atoms with Crippen molar-refractivity contribution < 1.29 is 13.7 Å². The standard InChI is InChI=1S/C19H20FN5O2/c20-15-6-4-5-14(9-15)12-25-13-16(11-21-25)22-19(26)17-10-18(27-23-17)24-7-2-1-3-8-24/h4-6,9-11,13H,1-3,7-8,12H2,(H,22,26). The summed E-state index contributed by atoms with van der Waals surface area (Å²) in [7, 11) is 0. The van der Waals surface area contributed by atoms with Gasteiger partial charge >= 0.3 is 0 Å². The van der Waals surface area contributed by atoms with Crippen LogP contribution in [0.25, 0.3) is 0 Å². The molecule has 1 aliphatic heterocycles. The average Bonchev–Trinajstić information content (AvgIpc) is 3.32. The first-order chi connectivity index (χ1) is 13.2. The fraction of sp³-hybridized carbons (Fsp3) is 0.316. The highest BCUT2D eigenvalue weighted by molar-refractivity contribution is 6.03. The van der Waals surface area contributed by atoms with E-state index in [1.807, 2.05) is 6.07 Å². The summed E-state index contributed by atoms with van der Waals surface area (Å²) in [6, 6.07) is 7.99. The quantitative estimate of drug-likeness (QED) is 0.747. The van der Waals surface area contributed by atoms with Crippen LogP contribution in [0, 0.1) is 5.82 Å². The smallest absolute Gasteiger partial charge is 0.278 e. The number of nitrogens with zero attached hydrogens (tertiary/aromatic N) is 4. The van der Waals surface area contributed by atoms with Crippen molar-refractivity contribution in [3.05, 3.63) is 59.8 Å².